The molecule has 2 aromatic carbocycles. The van der Waals surface area contributed by atoms with Gasteiger partial charge in [-0.25, -0.2) is 43.9 Å². The third kappa shape index (κ3) is 2.84. The number of rotatable bonds is 4. The summed E-state index contributed by atoms with van der Waals surface area (Å²) in [4.78, 5) is -4.07. The van der Waals surface area contributed by atoms with Gasteiger partial charge in [-0.15, -0.1) is 10.6 Å². The molecule has 0 amide bonds. The van der Waals surface area contributed by atoms with Gasteiger partial charge in [0.15, 0.2) is 46.5 Å². The van der Waals surface area contributed by atoms with Crippen LogP contribution in [0.1, 0.15) is 0 Å². The lowest BCUT2D eigenvalue weighted by Gasteiger charge is -2.41. The highest BCUT2D eigenvalue weighted by Gasteiger charge is 2.43. The van der Waals surface area contributed by atoms with E-state index in [9.17, 15) is 43.9 Å². The van der Waals surface area contributed by atoms with Crippen LogP contribution in [0.4, 0.5) is 43.9 Å². The second-order valence-corrected chi connectivity index (χ2v) is 7.12. The summed E-state index contributed by atoms with van der Waals surface area (Å²) in [6.07, 6.45) is 0. The molecule has 0 fully saturated rings. The van der Waals surface area contributed by atoms with E-state index in [1.54, 1.807) is 0 Å². The SMILES string of the molecule is COS(OC)(c1c(F)c(F)c(F)c(F)c1F)c1c(F)c(F)c(F)c(F)c1F. The Morgan fingerprint density at radius 1 is 0.407 bits per heavy atom. The Bertz CT molecular complexity index is 800. The molecular formula is C14H6F10O2S. The maximum absolute atomic E-state index is 14.1. The van der Waals surface area contributed by atoms with Crippen LogP contribution in [0, 0.1) is 58.2 Å². The van der Waals surface area contributed by atoms with Gasteiger partial charge in [0.1, 0.15) is 9.79 Å². The Morgan fingerprint density at radius 3 is 0.778 bits per heavy atom. The van der Waals surface area contributed by atoms with Crippen LogP contribution in [-0.2, 0) is 8.37 Å². The fourth-order valence-corrected chi connectivity index (χ4v) is 4.45. The van der Waals surface area contributed by atoms with Crippen molar-refractivity contribution in [2.45, 2.75) is 9.79 Å². The Labute approximate surface area is 146 Å². The van der Waals surface area contributed by atoms with Crippen molar-refractivity contribution in [3.05, 3.63) is 58.2 Å². The van der Waals surface area contributed by atoms with Gasteiger partial charge in [-0.3, -0.25) is 8.37 Å². The van der Waals surface area contributed by atoms with Crippen LogP contribution in [-0.4, -0.2) is 14.2 Å². The minimum atomic E-state index is -4.87. The molecule has 0 aromatic heterocycles. The van der Waals surface area contributed by atoms with E-state index in [0.29, 0.717) is 14.2 Å². The van der Waals surface area contributed by atoms with Gasteiger partial charge in [-0.1, -0.05) is 0 Å². The van der Waals surface area contributed by atoms with Crippen LogP contribution in [0.5, 0.6) is 0 Å². The van der Waals surface area contributed by atoms with Crippen LogP contribution in [0.15, 0.2) is 9.79 Å². The number of halogens is 10. The van der Waals surface area contributed by atoms with E-state index in [1.807, 2.05) is 0 Å². The molecule has 0 spiro atoms. The highest BCUT2D eigenvalue weighted by molar-refractivity contribution is 8.26. The molecule has 2 nitrogen and oxygen atoms in total. The average Bonchev–Trinajstić information content (AvgIpc) is 2.66. The van der Waals surface area contributed by atoms with Crippen LogP contribution >= 0.6 is 10.6 Å². The highest BCUT2D eigenvalue weighted by Crippen LogP contribution is 2.66. The third-order valence-electron chi connectivity index (χ3n) is 3.35. The smallest absolute Gasteiger partial charge is 0.200 e. The average molecular weight is 428 g/mol. The Hall–Kier alpha value is -1.99. The van der Waals surface area contributed by atoms with Gasteiger partial charge in [-0.2, -0.15) is 0 Å². The Balaban J connectivity index is 3.09. The molecule has 0 heterocycles. The van der Waals surface area contributed by atoms with Crippen molar-refractivity contribution in [1.29, 1.82) is 0 Å². The van der Waals surface area contributed by atoms with Crippen LogP contribution in [0.3, 0.4) is 0 Å². The van der Waals surface area contributed by atoms with Crippen LogP contribution in [0.2, 0.25) is 0 Å². The Morgan fingerprint density at radius 2 is 0.593 bits per heavy atom. The number of benzene rings is 2. The van der Waals surface area contributed by atoms with E-state index in [4.69, 9.17) is 0 Å². The molecule has 150 valence electrons. The lowest BCUT2D eigenvalue weighted by Crippen LogP contribution is -2.19. The predicted molar refractivity (Wildman–Crippen MR) is 70.6 cm³/mol. The first-order valence-corrected chi connectivity index (χ1v) is 7.93. The van der Waals surface area contributed by atoms with Gasteiger partial charge in [0, 0.05) is 0 Å². The van der Waals surface area contributed by atoms with E-state index in [2.05, 4.69) is 8.37 Å². The van der Waals surface area contributed by atoms with Crippen molar-refractivity contribution in [2.75, 3.05) is 14.2 Å². The summed E-state index contributed by atoms with van der Waals surface area (Å²) in [5, 5.41) is 0. The van der Waals surface area contributed by atoms with Gasteiger partial charge in [0.05, 0.1) is 14.2 Å². The van der Waals surface area contributed by atoms with Crippen molar-refractivity contribution >= 4 is 10.6 Å². The zero-order valence-corrected chi connectivity index (χ0v) is 13.8. The molecule has 2 rings (SSSR count). The second-order valence-electron chi connectivity index (χ2n) is 4.63. The lowest BCUT2D eigenvalue weighted by molar-refractivity contribution is 0.304. The first-order chi connectivity index (χ1) is 12.5. The molecule has 0 aliphatic carbocycles. The Kier molecular flexibility index (Phi) is 5.69. The topological polar surface area (TPSA) is 18.5 Å². The molecule has 27 heavy (non-hydrogen) atoms. The quantitative estimate of drug-likeness (QED) is 0.368. The van der Waals surface area contributed by atoms with Gasteiger partial charge >= 0.3 is 0 Å². The van der Waals surface area contributed by atoms with Crippen LogP contribution < -0.4 is 0 Å². The summed E-state index contributed by atoms with van der Waals surface area (Å²) in [6.45, 7) is 0. The molecule has 0 N–H and O–H groups in total. The molecule has 2 aromatic rings. The lowest BCUT2D eigenvalue weighted by atomic mass is 10.3. The minimum absolute atomic E-state index is 0.453. The van der Waals surface area contributed by atoms with Gasteiger partial charge in [-0.05, 0) is 0 Å². The van der Waals surface area contributed by atoms with E-state index in [1.165, 1.54) is 0 Å². The molecule has 0 atom stereocenters. The van der Waals surface area contributed by atoms with Crippen molar-refractivity contribution < 1.29 is 52.3 Å². The maximum atomic E-state index is 14.1. The molecule has 0 saturated heterocycles. The number of hydrogen-bond acceptors (Lipinski definition) is 2. The van der Waals surface area contributed by atoms with E-state index >= 15 is 0 Å². The molecule has 0 aliphatic heterocycles. The molecule has 0 saturated carbocycles. The van der Waals surface area contributed by atoms with Crippen molar-refractivity contribution in [1.82, 2.24) is 0 Å². The minimum Gasteiger partial charge on any atom is -0.278 e. The van der Waals surface area contributed by atoms with E-state index in [-0.39, 0.29) is 0 Å². The third-order valence-corrected chi connectivity index (χ3v) is 6.08. The second kappa shape index (κ2) is 7.20. The first-order valence-electron chi connectivity index (χ1n) is 6.45. The van der Waals surface area contributed by atoms with Crippen LogP contribution in [0.25, 0.3) is 0 Å². The summed E-state index contributed by atoms with van der Waals surface area (Å²) in [6, 6.07) is 0. The summed E-state index contributed by atoms with van der Waals surface area (Å²) >= 11 is 0. The van der Waals surface area contributed by atoms with Crippen molar-refractivity contribution in [3.63, 3.8) is 0 Å². The zero-order chi connectivity index (χ0) is 20.8. The van der Waals surface area contributed by atoms with E-state index in [0.717, 1.165) is 0 Å². The molecule has 0 bridgehead atoms. The molecule has 0 aliphatic rings. The molecular weight excluding hydrogens is 422 g/mol. The first kappa shape index (κ1) is 21.3. The fraction of sp³-hybridized carbons (Fsp3) is 0.143. The normalized spacial score (nSPS) is 12.6. The monoisotopic (exact) mass is 428 g/mol. The van der Waals surface area contributed by atoms with Crippen molar-refractivity contribution in [2.24, 2.45) is 0 Å². The molecule has 13 heteroatoms. The maximum Gasteiger partial charge on any atom is 0.200 e. The summed E-state index contributed by atoms with van der Waals surface area (Å²) in [5.41, 5.74) is 0. The van der Waals surface area contributed by atoms with Gasteiger partial charge in [0.25, 0.3) is 0 Å². The molecule has 0 unspecified atom stereocenters. The summed E-state index contributed by atoms with van der Waals surface area (Å²) < 4.78 is 146. The van der Waals surface area contributed by atoms with Gasteiger partial charge in [0.2, 0.25) is 11.6 Å². The van der Waals surface area contributed by atoms with E-state index < -0.39 is 78.6 Å². The van der Waals surface area contributed by atoms with Crippen molar-refractivity contribution in [3.8, 4) is 0 Å². The summed E-state index contributed by atoms with van der Waals surface area (Å²) in [5.74, 6) is -25.9. The summed E-state index contributed by atoms with van der Waals surface area (Å²) in [7, 11) is -3.96. The fourth-order valence-electron chi connectivity index (χ4n) is 2.14. The largest absolute Gasteiger partial charge is 0.278 e. The predicted octanol–water partition coefficient (Wildman–Crippen LogP) is 5.42. The standard InChI is InChI=1S/C14H6F10O2S/c1-25-27(26-2,13-9(21)5(17)3(15)6(18)10(13)22)14-11(23)7(19)4(16)8(20)12(14)24/h1-2H3. The molecule has 0 radical (unpaired) electrons. The number of hydrogen-bond donors (Lipinski definition) is 0. The highest BCUT2D eigenvalue weighted by atomic mass is 32.3. The zero-order valence-electron chi connectivity index (χ0n) is 13.0. The van der Waals surface area contributed by atoms with Gasteiger partial charge < -0.3 is 0 Å².